The van der Waals surface area contributed by atoms with E-state index in [0.717, 1.165) is 0 Å². The van der Waals surface area contributed by atoms with Gasteiger partial charge >= 0.3 is 18.0 Å². The van der Waals surface area contributed by atoms with E-state index < -0.39 is 18.0 Å². The van der Waals surface area contributed by atoms with Crippen molar-refractivity contribution in [3.05, 3.63) is 0 Å². The van der Waals surface area contributed by atoms with Crippen LogP contribution < -0.4 is 11.5 Å². The quantitative estimate of drug-likeness (QED) is 0.463. The van der Waals surface area contributed by atoms with Crippen LogP contribution in [0.2, 0.25) is 0 Å². The van der Waals surface area contributed by atoms with Crippen molar-refractivity contribution in [2.75, 3.05) is 0 Å². The maximum absolute atomic E-state index is 11.9. The van der Waals surface area contributed by atoms with Gasteiger partial charge in [0.2, 0.25) is 0 Å². The zero-order valence-corrected chi connectivity index (χ0v) is 4.92. The minimum Gasteiger partial charge on any atom is -0.285 e. The molecule has 0 aromatic heterocycles. The van der Waals surface area contributed by atoms with Crippen molar-refractivity contribution in [3.8, 4) is 0 Å². The van der Waals surface area contributed by atoms with Crippen molar-refractivity contribution in [2.45, 2.75) is 18.0 Å². The summed E-state index contributed by atoms with van der Waals surface area (Å²) >= 11 is 0. The third-order valence-electron chi connectivity index (χ3n) is 0.898. The largest absolute Gasteiger partial charge is 0.444 e. The molecule has 0 bridgehead atoms. The van der Waals surface area contributed by atoms with Crippen molar-refractivity contribution in [3.63, 3.8) is 0 Å². The minimum absolute atomic E-state index is 3.55. The Morgan fingerprint density at radius 3 is 1.00 bits per heavy atom. The summed E-state index contributed by atoms with van der Waals surface area (Å²) in [5, 5.41) is 0. The van der Waals surface area contributed by atoms with Crippen LogP contribution in [0.25, 0.3) is 0 Å². The topological polar surface area (TPSA) is 52.0 Å². The normalized spacial score (nSPS) is 19.6. The van der Waals surface area contributed by atoms with Gasteiger partial charge in [-0.25, -0.2) is 4.39 Å². The van der Waals surface area contributed by atoms with Crippen LogP contribution in [0.3, 0.4) is 0 Å². The maximum Gasteiger partial charge on any atom is 0.444 e. The van der Waals surface area contributed by atoms with Crippen LogP contribution in [0.15, 0.2) is 0 Å². The molecule has 0 rings (SSSR count). The van der Waals surface area contributed by atoms with Gasteiger partial charge in [0.1, 0.15) is 0 Å². The maximum atomic E-state index is 11.9. The second-order valence-electron chi connectivity index (χ2n) is 1.83. The lowest BCUT2D eigenvalue weighted by Gasteiger charge is -2.27. The Hall–Kier alpha value is -0.500. The number of alkyl halides is 6. The molecular formula is C3H4F6N2. The number of hydrogen-bond acceptors (Lipinski definition) is 2. The first-order chi connectivity index (χ1) is 4.50. The molecule has 0 aliphatic heterocycles. The van der Waals surface area contributed by atoms with E-state index >= 15 is 0 Å². The van der Waals surface area contributed by atoms with Gasteiger partial charge in [-0.1, -0.05) is 0 Å². The zero-order chi connectivity index (χ0) is 9.50. The van der Waals surface area contributed by atoms with Crippen LogP contribution in [0.1, 0.15) is 0 Å². The molecule has 0 fully saturated rings. The Morgan fingerprint density at radius 2 is 1.00 bits per heavy atom. The van der Waals surface area contributed by atoms with Gasteiger partial charge in [-0.2, -0.15) is 22.0 Å². The fraction of sp³-hybridized carbons (Fsp3) is 1.00. The van der Waals surface area contributed by atoms with Crippen molar-refractivity contribution >= 4 is 0 Å². The van der Waals surface area contributed by atoms with Crippen molar-refractivity contribution in [1.29, 1.82) is 0 Å². The molecule has 68 valence electrons. The van der Waals surface area contributed by atoms with E-state index in [1.54, 1.807) is 0 Å². The number of hydrogen-bond donors (Lipinski definition) is 2. The summed E-state index contributed by atoms with van der Waals surface area (Å²) in [6, 6.07) is -5.13. The molecule has 0 spiro atoms. The third kappa shape index (κ3) is 1.74. The fourth-order valence-electron chi connectivity index (χ4n) is 0.189. The van der Waals surface area contributed by atoms with Gasteiger partial charge in [0, 0.05) is 0 Å². The molecule has 0 aromatic rings. The summed E-state index contributed by atoms with van der Waals surface area (Å²) in [5.41, 5.74) is 7.15. The Bertz CT molecular complexity index is 127. The molecule has 0 aromatic carbocycles. The highest BCUT2D eigenvalue weighted by atomic mass is 19.4. The molecule has 1 unspecified atom stereocenters. The molecule has 8 heteroatoms. The first kappa shape index (κ1) is 10.5. The smallest absolute Gasteiger partial charge is 0.285 e. The van der Waals surface area contributed by atoms with E-state index in [0.29, 0.717) is 0 Å². The van der Waals surface area contributed by atoms with Crippen LogP contribution in [0, 0.1) is 0 Å². The van der Waals surface area contributed by atoms with E-state index in [1.165, 1.54) is 0 Å². The molecule has 11 heavy (non-hydrogen) atoms. The average Bonchev–Trinajstić information content (AvgIpc) is 1.58. The molecule has 0 heterocycles. The summed E-state index contributed by atoms with van der Waals surface area (Å²) in [6.45, 7) is 0. The SMILES string of the molecule is NC(F)(F)C(N)(F)C(F)(F)F. The van der Waals surface area contributed by atoms with E-state index in [1.807, 2.05) is 0 Å². The van der Waals surface area contributed by atoms with E-state index in [2.05, 4.69) is 11.5 Å². The van der Waals surface area contributed by atoms with Gasteiger partial charge < -0.3 is 0 Å². The number of nitrogens with two attached hydrogens (primary N) is 2. The molecule has 0 saturated carbocycles. The predicted octanol–water partition coefficient (Wildman–Crippen LogP) is 0.725. The lowest BCUT2D eigenvalue weighted by atomic mass is 10.2. The Morgan fingerprint density at radius 1 is 0.727 bits per heavy atom. The van der Waals surface area contributed by atoms with Gasteiger partial charge in [-0.15, -0.1) is 0 Å². The third-order valence-corrected chi connectivity index (χ3v) is 0.898. The van der Waals surface area contributed by atoms with E-state index in [4.69, 9.17) is 0 Å². The molecule has 0 saturated heterocycles. The van der Waals surface area contributed by atoms with Gasteiger partial charge in [0.05, 0.1) is 0 Å². The van der Waals surface area contributed by atoms with E-state index in [9.17, 15) is 26.3 Å². The standard InChI is InChI=1S/C3H4F6N2/c4-1(10,2(5,6)7)3(8,9)11/h10-11H2. The van der Waals surface area contributed by atoms with Crippen molar-refractivity contribution in [1.82, 2.24) is 0 Å². The van der Waals surface area contributed by atoms with Gasteiger partial charge in [-0.3, -0.25) is 11.5 Å². The highest BCUT2D eigenvalue weighted by Gasteiger charge is 2.67. The predicted molar refractivity (Wildman–Crippen MR) is 23.2 cm³/mol. The summed E-state index contributed by atoms with van der Waals surface area (Å²) in [6.07, 6.45) is -5.88. The highest BCUT2D eigenvalue weighted by molar-refractivity contribution is 4.90. The molecule has 1 atom stereocenters. The van der Waals surface area contributed by atoms with E-state index in [-0.39, 0.29) is 0 Å². The molecule has 4 N–H and O–H groups in total. The van der Waals surface area contributed by atoms with Gasteiger partial charge in [0.15, 0.2) is 0 Å². The van der Waals surface area contributed by atoms with Crippen molar-refractivity contribution < 1.29 is 26.3 Å². The lowest BCUT2D eigenvalue weighted by molar-refractivity contribution is -0.298. The Labute approximate surface area is 57.1 Å². The van der Waals surface area contributed by atoms with Gasteiger partial charge in [0.25, 0.3) is 0 Å². The first-order valence-corrected chi connectivity index (χ1v) is 2.21. The van der Waals surface area contributed by atoms with Crippen LogP contribution >= 0.6 is 0 Å². The minimum atomic E-state index is -5.88. The number of halogens is 6. The highest BCUT2D eigenvalue weighted by Crippen LogP contribution is 2.37. The monoisotopic (exact) mass is 182 g/mol. The van der Waals surface area contributed by atoms with Gasteiger partial charge in [-0.05, 0) is 0 Å². The Balaban J connectivity index is 4.75. The molecule has 2 nitrogen and oxygen atoms in total. The first-order valence-electron chi connectivity index (χ1n) is 2.21. The van der Waals surface area contributed by atoms with Crippen LogP contribution in [0.4, 0.5) is 26.3 Å². The summed E-state index contributed by atoms with van der Waals surface area (Å²) in [4.78, 5) is 0. The molecule has 0 amide bonds. The summed E-state index contributed by atoms with van der Waals surface area (Å²) in [5.74, 6) is -5.18. The number of rotatable bonds is 1. The second-order valence-corrected chi connectivity index (χ2v) is 1.83. The zero-order valence-electron chi connectivity index (χ0n) is 4.92. The molecule has 0 radical (unpaired) electrons. The Kier molecular flexibility index (Phi) is 2.14. The fourth-order valence-corrected chi connectivity index (χ4v) is 0.189. The van der Waals surface area contributed by atoms with Crippen molar-refractivity contribution in [2.24, 2.45) is 11.5 Å². The second kappa shape index (κ2) is 2.24. The molecular weight excluding hydrogens is 178 g/mol. The average molecular weight is 182 g/mol. The lowest BCUT2D eigenvalue weighted by Crippen LogP contribution is -2.66. The molecule has 0 aliphatic carbocycles. The van der Waals surface area contributed by atoms with Crippen LogP contribution in [0.5, 0.6) is 0 Å². The van der Waals surface area contributed by atoms with Crippen LogP contribution in [-0.4, -0.2) is 18.0 Å². The summed E-state index contributed by atoms with van der Waals surface area (Å²) in [7, 11) is 0. The van der Waals surface area contributed by atoms with Crippen LogP contribution in [-0.2, 0) is 0 Å². The molecule has 0 aliphatic rings. The summed E-state index contributed by atoms with van der Waals surface area (Å²) < 4.78 is 68.8.